The van der Waals surface area contributed by atoms with Crippen LogP contribution in [0.15, 0.2) is 18.2 Å². The first kappa shape index (κ1) is 13.8. The number of ether oxygens (including phenoxy) is 1. The summed E-state index contributed by atoms with van der Waals surface area (Å²) in [5, 5.41) is 17.2. The largest absolute Gasteiger partial charge is 0.707 e. The fourth-order valence-corrected chi connectivity index (χ4v) is 1.11. The summed E-state index contributed by atoms with van der Waals surface area (Å²) in [5.41, 5.74) is -0.0518. The van der Waals surface area contributed by atoms with E-state index in [9.17, 15) is 4.39 Å². The van der Waals surface area contributed by atoms with Gasteiger partial charge in [-0.1, -0.05) is 20.8 Å². The molecule has 1 rings (SSSR count). The van der Waals surface area contributed by atoms with Crippen LogP contribution in [0.3, 0.4) is 0 Å². The van der Waals surface area contributed by atoms with Gasteiger partial charge in [-0.05, 0) is 5.41 Å². The molecule has 0 aliphatic carbocycles. The molecule has 6 heteroatoms. The molecule has 0 unspecified atom stereocenters. The minimum atomic E-state index is -1.98. The Kier molecular flexibility index (Phi) is 4.37. The summed E-state index contributed by atoms with van der Waals surface area (Å²) in [4.78, 5) is 0. The second kappa shape index (κ2) is 5.38. The smallest absolute Gasteiger partial charge is 0.512 e. The van der Waals surface area contributed by atoms with Crippen molar-refractivity contribution < 1.29 is 23.8 Å². The zero-order valence-corrected chi connectivity index (χ0v) is 10.1. The maximum absolute atomic E-state index is 13.2. The van der Waals surface area contributed by atoms with Gasteiger partial charge in [0, 0.05) is 18.2 Å². The van der Waals surface area contributed by atoms with E-state index >= 15 is 0 Å². The van der Waals surface area contributed by atoms with Crippen LogP contribution in [-0.4, -0.2) is 24.0 Å². The van der Waals surface area contributed by atoms with E-state index in [0.29, 0.717) is 6.61 Å². The summed E-state index contributed by atoms with van der Waals surface area (Å²) in [6, 6.07) is 3.65. The van der Waals surface area contributed by atoms with Crippen molar-refractivity contribution >= 4 is 7.32 Å². The van der Waals surface area contributed by atoms with Gasteiger partial charge in [0.1, 0.15) is 17.3 Å². The summed E-state index contributed by atoms with van der Waals surface area (Å²) >= 11 is 0. The second-order valence-corrected chi connectivity index (χ2v) is 4.92. The maximum atomic E-state index is 13.2. The lowest BCUT2D eigenvalue weighted by molar-refractivity contribution is 0.196. The summed E-state index contributed by atoms with van der Waals surface area (Å²) in [5.74, 6) is -0.272. The van der Waals surface area contributed by atoms with Gasteiger partial charge < -0.3 is 19.4 Å². The standard InChI is InChI=1S/C11H16BFO4/c1-11(2,3)7-16-9-4-8(13)5-10(6-9)17-12(14)15/h4-6,14-15H,7H2,1-3H3. The highest BCUT2D eigenvalue weighted by atomic mass is 19.1. The van der Waals surface area contributed by atoms with Gasteiger partial charge in [-0.3, -0.25) is 0 Å². The number of benzene rings is 1. The van der Waals surface area contributed by atoms with Crippen LogP contribution in [-0.2, 0) is 0 Å². The number of rotatable bonds is 4. The Bertz CT molecular complexity index is 376. The molecule has 17 heavy (non-hydrogen) atoms. The molecule has 0 bridgehead atoms. The average molecular weight is 242 g/mol. The van der Waals surface area contributed by atoms with Gasteiger partial charge in [0.05, 0.1) is 6.61 Å². The highest BCUT2D eigenvalue weighted by Crippen LogP contribution is 2.24. The SMILES string of the molecule is CC(C)(C)COc1cc(F)cc(OB(O)O)c1. The lowest BCUT2D eigenvalue weighted by atomic mass is 9.99. The minimum absolute atomic E-state index is 0.00362. The minimum Gasteiger partial charge on any atom is -0.512 e. The molecule has 0 atom stereocenters. The van der Waals surface area contributed by atoms with Crippen molar-refractivity contribution in [1.82, 2.24) is 0 Å². The van der Waals surface area contributed by atoms with Crippen LogP contribution in [0.5, 0.6) is 11.5 Å². The van der Waals surface area contributed by atoms with E-state index in [1.807, 2.05) is 20.8 Å². The summed E-state index contributed by atoms with van der Waals surface area (Å²) in [6.45, 7) is 6.38. The van der Waals surface area contributed by atoms with Crippen molar-refractivity contribution in [3.63, 3.8) is 0 Å². The first-order chi connectivity index (χ1) is 7.76. The summed E-state index contributed by atoms with van der Waals surface area (Å²) in [6.07, 6.45) is 0. The zero-order chi connectivity index (χ0) is 13.1. The van der Waals surface area contributed by atoms with E-state index in [4.69, 9.17) is 14.8 Å². The third kappa shape index (κ3) is 5.56. The van der Waals surface area contributed by atoms with Crippen LogP contribution in [0.1, 0.15) is 20.8 Å². The normalized spacial score (nSPS) is 11.2. The molecule has 0 amide bonds. The Hall–Kier alpha value is -1.27. The molecule has 1 aromatic rings. The van der Waals surface area contributed by atoms with Crippen molar-refractivity contribution in [2.75, 3.05) is 6.61 Å². The van der Waals surface area contributed by atoms with Gasteiger partial charge in [-0.2, -0.15) is 0 Å². The molecule has 2 N–H and O–H groups in total. The van der Waals surface area contributed by atoms with Gasteiger partial charge >= 0.3 is 7.32 Å². The lowest BCUT2D eigenvalue weighted by Crippen LogP contribution is -2.21. The van der Waals surface area contributed by atoms with Crippen LogP contribution in [0.25, 0.3) is 0 Å². The molecule has 0 saturated heterocycles. The van der Waals surface area contributed by atoms with E-state index in [2.05, 4.69) is 4.65 Å². The second-order valence-electron chi connectivity index (χ2n) is 4.92. The molecule has 0 heterocycles. The van der Waals surface area contributed by atoms with Crippen LogP contribution in [0, 0.1) is 11.2 Å². The molecule has 0 saturated carbocycles. The van der Waals surface area contributed by atoms with Crippen LogP contribution < -0.4 is 9.39 Å². The zero-order valence-electron chi connectivity index (χ0n) is 10.1. The molecule has 0 spiro atoms. The van der Waals surface area contributed by atoms with Gasteiger partial charge in [-0.15, -0.1) is 0 Å². The summed E-state index contributed by atoms with van der Waals surface area (Å²) < 4.78 is 23.1. The maximum Gasteiger partial charge on any atom is 0.707 e. The summed E-state index contributed by atoms with van der Waals surface area (Å²) in [7, 11) is -1.98. The Morgan fingerprint density at radius 2 is 1.76 bits per heavy atom. The topological polar surface area (TPSA) is 58.9 Å². The molecule has 0 aliphatic heterocycles. The Balaban J connectivity index is 2.75. The predicted octanol–water partition coefficient (Wildman–Crippen LogP) is 1.60. The van der Waals surface area contributed by atoms with Crippen molar-refractivity contribution in [2.45, 2.75) is 20.8 Å². The van der Waals surface area contributed by atoms with Gasteiger partial charge in [-0.25, -0.2) is 4.39 Å². The monoisotopic (exact) mass is 242 g/mol. The van der Waals surface area contributed by atoms with Crippen LogP contribution in [0.4, 0.5) is 4.39 Å². The lowest BCUT2D eigenvalue weighted by Gasteiger charge is -2.19. The number of halogens is 1. The molecule has 0 fully saturated rings. The van der Waals surface area contributed by atoms with E-state index in [0.717, 1.165) is 6.07 Å². The molecule has 94 valence electrons. The van der Waals surface area contributed by atoms with Crippen molar-refractivity contribution in [3.05, 3.63) is 24.0 Å². The molecule has 1 aromatic carbocycles. The molecule has 0 aliphatic rings. The molecule has 0 aromatic heterocycles. The van der Waals surface area contributed by atoms with E-state index in [1.54, 1.807) is 0 Å². The van der Waals surface area contributed by atoms with E-state index in [1.165, 1.54) is 12.1 Å². The van der Waals surface area contributed by atoms with Crippen LogP contribution in [0.2, 0.25) is 0 Å². The van der Waals surface area contributed by atoms with E-state index in [-0.39, 0.29) is 16.9 Å². The third-order valence-electron chi connectivity index (χ3n) is 1.76. The first-order valence-corrected chi connectivity index (χ1v) is 5.22. The molecule has 4 nitrogen and oxygen atoms in total. The Morgan fingerprint density at radius 3 is 2.29 bits per heavy atom. The van der Waals surface area contributed by atoms with Gasteiger partial charge in [0.2, 0.25) is 0 Å². The highest BCUT2D eigenvalue weighted by molar-refractivity contribution is 6.33. The van der Waals surface area contributed by atoms with Crippen molar-refractivity contribution in [1.29, 1.82) is 0 Å². The van der Waals surface area contributed by atoms with Crippen molar-refractivity contribution in [3.8, 4) is 11.5 Å². The quantitative estimate of drug-likeness (QED) is 0.787. The first-order valence-electron chi connectivity index (χ1n) is 5.22. The highest BCUT2D eigenvalue weighted by Gasteiger charge is 2.15. The van der Waals surface area contributed by atoms with Gasteiger partial charge in [0.25, 0.3) is 0 Å². The molecule has 0 radical (unpaired) electrons. The molecular weight excluding hydrogens is 226 g/mol. The third-order valence-corrected chi connectivity index (χ3v) is 1.76. The van der Waals surface area contributed by atoms with Crippen molar-refractivity contribution in [2.24, 2.45) is 5.41 Å². The Morgan fingerprint density at radius 1 is 1.18 bits per heavy atom. The number of hydrogen-bond donors (Lipinski definition) is 2. The molecular formula is C11H16BFO4. The Labute approximate surface area is 100 Å². The van der Waals surface area contributed by atoms with Crippen LogP contribution >= 0.6 is 0 Å². The fourth-order valence-electron chi connectivity index (χ4n) is 1.11. The number of hydrogen-bond acceptors (Lipinski definition) is 4. The fraction of sp³-hybridized carbons (Fsp3) is 0.455. The van der Waals surface area contributed by atoms with E-state index < -0.39 is 13.1 Å². The average Bonchev–Trinajstić information content (AvgIpc) is 2.11. The van der Waals surface area contributed by atoms with Gasteiger partial charge in [0.15, 0.2) is 0 Å². The predicted molar refractivity (Wildman–Crippen MR) is 62.2 cm³/mol.